The summed E-state index contributed by atoms with van der Waals surface area (Å²) in [7, 11) is 1.65. The number of methoxy groups -OCH3 is 1. The van der Waals surface area contributed by atoms with Crippen molar-refractivity contribution in [3.63, 3.8) is 0 Å². The summed E-state index contributed by atoms with van der Waals surface area (Å²) < 4.78 is 15.6. The second-order valence-electron chi connectivity index (χ2n) is 3.51. The fraction of sp³-hybridized carbons (Fsp3) is 0.636. The van der Waals surface area contributed by atoms with E-state index in [1.54, 1.807) is 13.2 Å². The van der Waals surface area contributed by atoms with Gasteiger partial charge in [-0.3, -0.25) is 0 Å². The van der Waals surface area contributed by atoms with E-state index < -0.39 is 0 Å². The van der Waals surface area contributed by atoms with Gasteiger partial charge >= 0.3 is 0 Å². The molecule has 0 fully saturated rings. The first kappa shape index (κ1) is 13.7. The molecular weight excluding hydrogens is 222 g/mol. The van der Waals surface area contributed by atoms with Crippen LogP contribution in [0.2, 0.25) is 0 Å². The smallest absolute Gasteiger partial charge is 0.223 e. The van der Waals surface area contributed by atoms with E-state index in [0.717, 1.165) is 12.1 Å². The summed E-state index contributed by atoms with van der Waals surface area (Å²) in [5, 5.41) is 0. The minimum Gasteiger partial charge on any atom is -0.477 e. The summed E-state index contributed by atoms with van der Waals surface area (Å²) in [6.07, 6.45) is 0.798. The number of aromatic nitrogens is 2. The van der Waals surface area contributed by atoms with Crippen LogP contribution in [0.15, 0.2) is 6.07 Å². The molecule has 0 spiro atoms. The fourth-order valence-corrected chi connectivity index (χ4v) is 1.22. The fourth-order valence-electron chi connectivity index (χ4n) is 1.22. The Labute approximate surface area is 101 Å². The average molecular weight is 241 g/mol. The van der Waals surface area contributed by atoms with Crippen molar-refractivity contribution >= 4 is 5.95 Å². The van der Waals surface area contributed by atoms with Crippen LogP contribution in [0.5, 0.6) is 5.88 Å². The second kappa shape index (κ2) is 7.81. The quantitative estimate of drug-likeness (QED) is 0.678. The monoisotopic (exact) mass is 241 g/mol. The van der Waals surface area contributed by atoms with E-state index in [-0.39, 0.29) is 5.95 Å². The first-order valence-electron chi connectivity index (χ1n) is 5.53. The number of nitrogens with zero attached hydrogens (tertiary/aromatic N) is 2. The topological polar surface area (TPSA) is 79.5 Å². The Bertz CT molecular complexity index is 313. The highest BCUT2D eigenvalue weighted by Gasteiger charge is 1.99. The van der Waals surface area contributed by atoms with Crippen molar-refractivity contribution in [3.8, 4) is 5.88 Å². The predicted molar refractivity (Wildman–Crippen MR) is 64.0 cm³/mol. The lowest BCUT2D eigenvalue weighted by Gasteiger charge is -2.07. The third kappa shape index (κ3) is 6.03. The molecule has 0 aliphatic heterocycles. The Balaban J connectivity index is 2.13. The molecule has 1 aromatic heterocycles. The zero-order valence-corrected chi connectivity index (χ0v) is 10.3. The van der Waals surface area contributed by atoms with Crippen LogP contribution in [-0.2, 0) is 9.47 Å². The largest absolute Gasteiger partial charge is 0.477 e. The molecule has 2 N–H and O–H groups in total. The average Bonchev–Trinajstić information content (AvgIpc) is 2.26. The lowest BCUT2D eigenvalue weighted by molar-refractivity contribution is 0.0642. The van der Waals surface area contributed by atoms with Crippen LogP contribution >= 0.6 is 0 Å². The summed E-state index contributed by atoms with van der Waals surface area (Å²) in [4.78, 5) is 7.93. The standard InChI is InChI=1S/C11H19N3O3/c1-9-8-10(14-11(12)13-9)17-5-3-4-16-7-6-15-2/h8H,3-7H2,1-2H3,(H2,12,13,14). The van der Waals surface area contributed by atoms with E-state index in [0.29, 0.717) is 32.3 Å². The molecule has 17 heavy (non-hydrogen) atoms. The van der Waals surface area contributed by atoms with E-state index in [1.165, 1.54) is 0 Å². The van der Waals surface area contributed by atoms with Gasteiger partial charge in [-0.15, -0.1) is 0 Å². The zero-order chi connectivity index (χ0) is 12.5. The number of nitrogens with two attached hydrogens (primary N) is 1. The molecule has 1 heterocycles. The van der Waals surface area contributed by atoms with Gasteiger partial charge in [0.25, 0.3) is 0 Å². The summed E-state index contributed by atoms with van der Waals surface area (Å²) >= 11 is 0. The van der Waals surface area contributed by atoms with E-state index >= 15 is 0 Å². The summed E-state index contributed by atoms with van der Waals surface area (Å²) in [6, 6.07) is 1.75. The summed E-state index contributed by atoms with van der Waals surface area (Å²) in [5.74, 6) is 0.739. The van der Waals surface area contributed by atoms with E-state index in [4.69, 9.17) is 19.9 Å². The number of ether oxygens (including phenoxy) is 3. The second-order valence-corrected chi connectivity index (χ2v) is 3.51. The van der Waals surface area contributed by atoms with Crippen LogP contribution in [0.4, 0.5) is 5.95 Å². The van der Waals surface area contributed by atoms with E-state index in [2.05, 4.69) is 9.97 Å². The summed E-state index contributed by atoms with van der Waals surface area (Å²) in [5.41, 5.74) is 6.30. The van der Waals surface area contributed by atoms with Gasteiger partial charge in [0.2, 0.25) is 11.8 Å². The molecule has 1 rings (SSSR count). The maximum Gasteiger partial charge on any atom is 0.223 e. The van der Waals surface area contributed by atoms with Gasteiger partial charge < -0.3 is 19.9 Å². The first-order valence-corrected chi connectivity index (χ1v) is 5.53. The minimum atomic E-state index is 0.233. The number of anilines is 1. The number of nitrogen functional groups attached to an aromatic ring is 1. The van der Waals surface area contributed by atoms with Crippen molar-refractivity contribution in [2.24, 2.45) is 0 Å². The predicted octanol–water partition coefficient (Wildman–Crippen LogP) is 0.799. The van der Waals surface area contributed by atoms with Gasteiger partial charge in [-0.1, -0.05) is 0 Å². The molecule has 0 saturated heterocycles. The highest BCUT2D eigenvalue weighted by atomic mass is 16.5. The van der Waals surface area contributed by atoms with Crippen LogP contribution in [0, 0.1) is 6.92 Å². The lowest BCUT2D eigenvalue weighted by Crippen LogP contribution is -2.08. The molecule has 0 aliphatic rings. The van der Waals surface area contributed by atoms with Gasteiger partial charge in [0.05, 0.1) is 19.8 Å². The first-order chi connectivity index (χ1) is 8.22. The molecule has 0 bridgehead atoms. The molecule has 6 heteroatoms. The van der Waals surface area contributed by atoms with Gasteiger partial charge in [-0.05, 0) is 6.92 Å². The van der Waals surface area contributed by atoms with Crippen LogP contribution in [0.3, 0.4) is 0 Å². The number of hydrogen-bond acceptors (Lipinski definition) is 6. The molecule has 0 saturated carbocycles. The molecular formula is C11H19N3O3. The van der Waals surface area contributed by atoms with Crippen LogP contribution < -0.4 is 10.5 Å². The highest BCUT2D eigenvalue weighted by molar-refractivity contribution is 5.25. The highest BCUT2D eigenvalue weighted by Crippen LogP contribution is 2.09. The van der Waals surface area contributed by atoms with Crippen molar-refractivity contribution in [3.05, 3.63) is 11.8 Å². The SMILES string of the molecule is COCCOCCCOc1cc(C)nc(N)n1. The maximum absolute atomic E-state index is 5.50. The Kier molecular flexibility index (Phi) is 6.27. The van der Waals surface area contributed by atoms with Gasteiger partial charge in [-0.25, -0.2) is 4.98 Å². The molecule has 1 aromatic rings. The van der Waals surface area contributed by atoms with Crippen molar-refractivity contribution < 1.29 is 14.2 Å². The Morgan fingerprint density at radius 3 is 2.71 bits per heavy atom. The number of rotatable bonds is 8. The molecule has 0 aliphatic carbocycles. The zero-order valence-electron chi connectivity index (χ0n) is 10.3. The third-order valence-electron chi connectivity index (χ3n) is 1.96. The molecule has 0 radical (unpaired) electrons. The van der Waals surface area contributed by atoms with Crippen molar-refractivity contribution in [2.45, 2.75) is 13.3 Å². The van der Waals surface area contributed by atoms with E-state index in [9.17, 15) is 0 Å². The third-order valence-corrected chi connectivity index (χ3v) is 1.96. The summed E-state index contributed by atoms with van der Waals surface area (Å²) in [6.45, 7) is 4.25. The van der Waals surface area contributed by atoms with Crippen LogP contribution in [0.25, 0.3) is 0 Å². The van der Waals surface area contributed by atoms with Crippen molar-refractivity contribution in [1.29, 1.82) is 0 Å². The molecule has 6 nitrogen and oxygen atoms in total. The maximum atomic E-state index is 5.50. The lowest BCUT2D eigenvalue weighted by atomic mass is 10.4. The van der Waals surface area contributed by atoms with Gasteiger partial charge in [-0.2, -0.15) is 4.98 Å². The Morgan fingerprint density at radius 1 is 1.18 bits per heavy atom. The van der Waals surface area contributed by atoms with Crippen molar-refractivity contribution in [2.75, 3.05) is 39.3 Å². The van der Waals surface area contributed by atoms with Gasteiger partial charge in [0.15, 0.2) is 0 Å². The van der Waals surface area contributed by atoms with E-state index in [1.807, 2.05) is 6.92 Å². The minimum absolute atomic E-state index is 0.233. The molecule has 0 unspecified atom stereocenters. The molecule has 0 atom stereocenters. The Morgan fingerprint density at radius 2 is 2.00 bits per heavy atom. The number of hydrogen-bond donors (Lipinski definition) is 1. The van der Waals surface area contributed by atoms with Crippen molar-refractivity contribution in [1.82, 2.24) is 9.97 Å². The normalized spacial score (nSPS) is 10.5. The number of aryl methyl sites for hydroxylation is 1. The molecule has 0 amide bonds. The van der Waals surface area contributed by atoms with Gasteiger partial charge in [0.1, 0.15) is 0 Å². The molecule has 96 valence electrons. The van der Waals surface area contributed by atoms with Crippen LogP contribution in [0.1, 0.15) is 12.1 Å². The Hall–Kier alpha value is -1.40. The molecule has 0 aromatic carbocycles. The van der Waals surface area contributed by atoms with Crippen LogP contribution in [-0.4, -0.2) is 43.5 Å². The van der Waals surface area contributed by atoms with Gasteiger partial charge in [0, 0.05) is 31.9 Å².